The molecule has 0 unspecified atom stereocenters. The number of halogens is 2. The molecule has 0 aliphatic carbocycles. The summed E-state index contributed by atoms with van der Waals surface area (Å²) in [6.07, 6.45) is 0.877. The zero-order valence-corrected chi connectivity index (χ0v) is 17.1. The monoisotopic (exact) mass is 409 g/mol. The largest absolute Gasteiger partial charge is 0.309 e. The van der Waals surface area contributed by atoms with Crippen molar-refractivity contribution in [3.63, 3.8) is 0 Å². The highest BCUT2D eigenvalue weighted by atomic mass is 35.5. The molecule has 4 nitrogen and oxygen atoms in total. The Balaban J connectivity index is 0.00000243. The molecule has 3 aromatic rings. The normalized spacial score (nSPS) is 10.8. The molecular formula is C19H21Cl2N3OS. The molecule has 0 spiro atoms. The SMILES string of the molecule is CN(C)CCCN(C(=O)c1ccc(Cl)cc1)c1nc2ccccc2s1.Cl. The van der Waals surface area contributed by atoms with Gasteiger partial charge in [-0.2, -0.15) is 0 Å². The number of anilines is 1. The minimum Gasteiger partial charge on any atom is -0.309 e. The minimum atomic E-state index is -0.0468. The van der Waals surface area contributed by atoms with E-state index >= 15 is 0 Å². The summed E-state index contributed by atoms with van der Waals surface area (Å²) in [6.45, 7) is 1.54. The van der Waals surface area contributed by atoms with Crippen LogP contribution in [0, 0.1) is 0 Å². The molecule has 0 aliphatic heterocycles. The number of benzene rings is 2. The van der Waals surface area contributed by atoms with Gasteiger partial charge in [-0.3, -0.25) is 9.69 Å². The van der Waals surface area contributed by atoms with Crippen LogP contribution in [-0.2, 0) is 0 Å². The van der Waals surface area contributed by atoms with Gasteiger partial charge in [-0.05, 0) is 63.5 Å². The van der Waals surface area contributed by atoms with Crippen LogP contribution in [0.5, 0.6) is 0 Å². The van der Waals surface area contributed by atoms with Crippen LogP contribution in [0.25, 0.3) is 10.2 Å². The first-order valence-electron chi connectivity index (χ1n) is 8.12. The van der Waals surface area contributed by atoms with E-state index in [1.165, 1.54) is 0 Å². The van der Waals surface area contributed by atoms with Gasteiger partial charge < -0.3 is 4.90 Å². The Morgan fingerprint density at radius 2 is 1.77 bits per heavy atom. The number of rotatable bonds is 6. The number of nitrogens with zero attached hydrogens (tertiary/aromatic N) is 3. The summed E-state index contributed by atoms with van der Waals surface area (Å²) >= 11 is 7.49. The van der Waals surface area contributed by atoms with E-state index in [1.54, 1.807) is 40.5 Å². The Bertz CT molecular complexity index is 832. The standard InChI is InChI=1S/C19H20ClN3OS.ClH/c1-22(2)12-5-13-23(18(24)14-8-10-15(20)11-9-14)19-21-16-6-3-4-7-17(16)25-19;/h3-4,6-11H,5,12-13H2,1-2H3;1H. The van der Waals surface area contributed by atoms with Crippen LogP contribution in [0.15, 0.2) is 48.5 Å². The Morgan fingerprint density at radius 3 is 2.42 bits per heavy atom. The predicted octanol–water partition coefficient (Wildman–Crippen LogP) is 4.97. The number of para-hydroxylation sites is 1. The average Bonchev–Trinajstić information content (AvgIpc) is 3.02. The lowest BCUT2D eigenvalue weighted by atomic mass is 10.2. The van der Waals surface area contributed by atoms with E-state index in [0.29, 0.717) is 17.1 Å². The van der Waals surface area contributed by atoms with Crippen LogP contribution in [0.2, 0.25) is 5.02 Å². The third kappa shape index (κ3) is 4.95. The van der Waals surface area contributed by atoms with Gasteiger partial charge in [0.15, 0.2) is 5.13 Å². The minimum absolute atomic E-state index is 0. The molecule has 7 heteroatoms. The lowest BCUT2D eigenvalue weighted by molar-refractivity contribution is 0.0986. The van der Waals surface area contributed by atoms with Crippen LogP contribution in [0.1, 0.15) is 16.8 Å². The quantitative estimate of drug-likeness (QED) is 0.576. The Kier molecular flexibility index (Phi) is 7.41. The summed E-state index contributed by atoms with van der Waals surface area (Å²) < 4.78 is 1.08. The fourth-order valence-corrected chi connectivity index (χ4v) is 3.67. The van der Waals surface area contributed by atoms with Crippen molar-refractivity contribution in [1.29, 1.82) is 0 Å². The van der Waals surface area contributed by atoms with Gasteiger partial charge in [0.2, 0.25) is 0 Å². The highest BCUT2D eigenvalue weighted by Gasteiger charge is 2.21. The second-order valence-electron chi connectivity index (χ2n) is 6.08. The van der Waals surface area contributed by atoms with Crippen molar-refractivity contribution in [1.82, 2.24) is 9.88 Å². The van der Waals surface area contributed by atoms with E-state index in [0.717, 1.165) is 28.3 Å². The van der Waals surface area contributed by atoms with Crippen molar-refractivity contribution in [3.05, 3.63) is 59.1 Å². The van der Waals surface area contributed by atoms with Crippen molar-refractivity contribution < 1.29 is 4.79 Å². The molecule has 0 aliphatic rings. The number of carbonyl (C=O) groups excluding carboxylic acids is 1. The highest BCUT2D eigenvalue weighted by Crippen LogP contribution is 2.29. The van der Waals surface area contributed by atoms with E-state index < -0.39 is 0 Å². The fraction of sp³-hybridized carbons (Fsp3) is 0.263. The van der Waals surface area contributed by atoms with Crippen molar-refractivity contribution in [2.45, 2.75) is 6.42 Å². The lowest BCUT2D eigenvalue weighted by Crippen LogP contribution is -2.33. The molecule has 0 bridgehead atoms. The maximum Gasteiger partial charge on any atom is 0.260 e. The number of aromatic nitrogens is 1. The van der Waals surface area contributed by atoms with E-state index in [9.17, 15) is 4.79 Å². The molecule has 3 rings (SSSR count). The topological polar surface area (TPSA) is 36.4 Å². The molecular weight excluding hydrogens is 389 g/mol. The van der Waals surface area contributed by atoms with Gasteiger partial charge in [0.05, 0.1) is 10.2 Å². The maximum absolute atomic E-state index is 13.0. The summed E-state index contributed by atoms with van der Waals surface area (Å²) in [5.41, 5.74) is 1.54. The fourth-order valence-electron chi connectivity index (χ4n) is 2.55. The van der Waals surface area contributed by atoms with Gasteiger partial charge in [0.1, 0.15) is 0 Å². The van der Waals surface area contributed by atoms with Gasteiger partial charge in [-0.15, -0.1) is 12.4 Å². The van der Waals surface area contributed by atoms with Crippen molar-refractivity contribution in [2.24, 2.45) is 0 Å². The van der Waals surface area contributed by atoms with Crippen LogP contribution in [-0.4, -0.2) is 43.0 Å². The zero-order chi connectivity index (χ0) is 17.8. The van der Waals surface area contributed by atoms with E-state index in [1.807, 2.05) is 38.4 Å². The predicted molar refractivity (Wildman–Crippen MR) is 113 cm³/mol. The first kappa shape index (κ1) is 20.6. The third-order valence-electron chi connectivity index (χ3n) is 3.84. The smallest absolute Gasteiger partial charge is 0.260 e. The second kappa shape index (κ2) is 9.33. The molecule has 0 fully saturated rings. The zero-order valence-electron chi connectivity index (χ0n) is 14.7. The van der Waals surface area contributed by atoms with Gasteiger partial charge in [-0.1, -0.05) is 35.1 Å². The number of thiazole rings is 1. The summed E-state index contributed by atoms with van der Waals surface area (Å²) in [7, 11) is 4.06. The molecule has 1 amide bonds. The molecule has 26 heavy (non-hydrogen) atoms. The van der Waals surface area contributed by atoms with Gasteiger partial charge >= 0.3 is 0 Å². The molecule has 0 N–H and O–H groups in total. The van der Waals surface area contributed by atoms with Crippen molar-refractivity contribution in [3.8, 4) is 0 Å². The average molecular weight is 410 g/mol. The van der Waals surface area contributed by atoms with E-state index in [4.69, 9.17) is 11.6 Å². The number of hydrogen-bond donors (Lipinski definition) is 0. The Hall–Kier alpha value is -1.66. The molecule has 0 atom stereocenters. The van der Waals surface area contributed by atoms with Crippen LogP contribution in [0.4, 0.5) is 5.13 Å². The molecule has 0 radical (unpaired) electrons. The van der Waals surface area contributed by atoms with E-state index in [2.05, 4.69) is 9.88 Å². The van der Waals surface area contributed by atoms with Gasteiger partial charge in [0.25, 0.3) is 5.91 Å². The summed E-state index contributed by atoms with van der Waals surface area (Å²) in [5, 5.41) is 1.36. The van der Waals surface area contributed by atoms with Crippen LogP contribution < -0.4 is 4.90 Å². The summed E-state index contributed by atoms with van der Waals surface area (Å²) in [6, 6.07) is 15.0. The molecule has 138 valence electrons. The summed E-state index contributed by atoms with van der Waals surface area (Å²) in [4.78, 5) is 21.6. The third-order valence-corrected chi connectivity index (χ3v) is 5.15. The Morgan fingerprint density at radius 1 is 1.08 bits per heavy atom. The highest BCUT2D eigenvalue weighted by molar-refractivity contribution is 7.22. The van der Waals surface area contributed by atoms with Gasteiger partial charge in [0, 0.05) is 17.1 Å². The molecule has 0 saturated heterocycles. The molecule has 2 aromatic carbocycles. The van der Waals surface area contributed by atoms with Crippen LogP contribution >= 0.6 is 35.3 Å². The first-order chi connectivity index (χ1) is 12.0. The second-order valence-corrected chi connectivity index (χ2v) is 7.53. The number of fused-ring (bicyclic) bond motifs is 1. The summed E-state index contributed by atoms with van der Waals surface area (Å²) in [5.74, 6) is -0.0468. The van der Waals surface area contributed by atoms with E-state index in [-0.39, 0.29) is 18.3 Å². The van der Waals surface area contributed by atoms with Crippen molar-refractivity contribution >= 4 is 56.6 Å². The number of amides is 1. The number of carbonyl (C=O) groups is 1. The number of hydrogen-bond acceptors (Lipinski definition) is 4. The molecule has 1 aromatic heterocycles. The van der Waals surface area contributed by atoms with Gasteiger partial charge in [-0.25, -0.2) is 4.98 Å². The maximum atomic E-state index is 13.0. The van der Waals surface area contributed by atoms with Crippen molar-refractivity contribution in [2.75, 3.05) is 32.1 Å². The van der Waals surface area contributed by atoms with Crippen LogP contribution in [0.3, 0.4) is 0 Å². The lowest BCUT2D eigenvalue weighted by Gasteiger charge is -2.21. The molecule has 1 heterocycles. The molecule has 0 saturated carbocycles. The first-order valence-corrected chi connectivity index (χ1v) is 9.32. The Labute approximate surface area is 168 Å².